The van der Waals surface area contributed by atoms with E-state index in [1.165, 1.54) is 27.8 Å². The molecular formula is C24H29ClN2O. The summed E-state index contributed by atoms with van der Waals surface area (Å²) in [6.45, 7) is 9.60. The smallest absolute Gasteiger partial charge is 0.253 e. The summed E-state index contributed by atoms with van der Waals surface area (Å²) in [7, 11) is 0. The van der Waals surface area contributed by atoms with E-state index in [0.717, 1.165) is 49.6 Å². The predicted octanol–water partition coefficient (Wildman–Crippen LogP) is 5.32. The molecule has 1 N–H and O–H groups in total. The van der Waals surface area contributed by atoms with Crippen LogP contribution in [0.2, 0.25) is 5.02 Å². The van der Waals surface area contributed by atoms with Crippen LogP contribution in [0.5, 0.6) is 0 Å². The first-order valence-corrected chi connectivity index (χ1v) is 10.5. The van der Waals surface area contributed by atoms with E-state index in [2.05, 4.69) is 30.4 Å². The van der Waals surface area contributed by atoms with E-state index < -0.39 is 0 Å². The molecule has 0 aliphatic carbocycles. The minimum atomic E-state index is 0.0929. The molecule has 148 valence electrons. The molecule has 2 aromatic rings. The van der Waals surface area contributed by atoms with Crippen LogP contribution in [0.4, 0.5) is 0 Å². The van der Waals surface area contributed by atoms with E-state index in [1.807, 2.05) is 43.0 Å². The number of halogens is 1. The van der Waals surface area contributed by atoms with E-state index in [9.17, 15) is 4.79 Å². The summed E-state index contributed by atoms with van der Waals surface area (Å²) in [5.74, 6) is 0.0929. The number of aryl methyl sites for hydroxylation is 1. The lowest BCUT2D eigenvalue weighted by Crippen LogP contribution is -2.30. The van der Waals surface area contributed by atoms with Gasteiger partial charge in [0.15, 0.2) is 0 Å². The topological polar surface area (TPSA) is 32.3 Å². The molecule has 1 heterocycles. The van der Waals surface area contributed by atoms with Crippen LogP contribution in [-0.2, 0) is 0 Å². The maximum Gasteiger partial charge on any atom is 0.253 e. The second kappa shape index (κ2) is 9.40. The molecule has 0 radical (unpaired) electrons. The molecule has 0 atom stereocenters. The fraction of sp³-hybridized carbons (Fsp3) is 0.375. The third-order valence-electron chi connectivity index (χ3n) is 5.49. The van der Waals surface area contributed by atoms with Gasteiger partial charge >= 0.3 is 0 Å². The van der Waals surface area contributed by atoms with Gasteiger partial charge in [-0.1, -0.05) is 35.4 Å². The minimum absolute atomic E-state index is 0.0929. The third-order valence-corrected chi connectivity index (χ3v) is 5.72. The van der Waals surface area contributed by atoms with Gasteiger partial charge in [-0.2, -0.15) is 0 Å². The van der Waals surface area contributed by atoms with Crippen molar-refractivity contribution in [2.24, 2.45) is 0 Å². The number of rotatable bonds is 5. The number of hydrogen-bond acceptors (Lipinski definition) is 2. The predicted molar refractivity (Wildman–Crippen MR) is 118 cm³/mol. The number of amides is 1. The molecule has 1 amide bonds. The van der Waals surface area contributed by atoms with Crippen molar-refractivity contribution in [3.8, 4) is 0 Å². The maximum atomic E-state index is 12.6. The molecule has 3 nitrogen and oxygen atoms in total. The minimum Gasteiger partial charge on any atom is -0.339 e. The van der Waals surface area contributed by atoms with Gasteiger partial charge in [-0.3, -0.25) is 4.79 Å². The molecule has 1 aliphatic rings. The first kappa shape index (κ1) is 20.6. The summed E-state index contributed by atoms with van der Waals surface area (Å²) in [6.07, 6.45) is 2.08. The lowest BCUT2D eigenvalue weighted by Gasteiger charge is -2.23. The van der Waals surface area contributed by atoms with E-state index in [4.69, 9.17) is 11.6 Å². The second-order valence-electron chi connectivity index (χ2n) is 7.24. The zero-order valence-corrected chi connectivity index (χ0v) is 17.8. The Labute approximate surface area is 173 Å². The van der Waals surface area contributed by atoms with Gasteiger partial charge in [0.1, 0.15) is 0 Å². The number of hydrogen-bond donors (Lipinski definition) is 1. The molecule has 0 bridgehead atoms. The first-order chi connectivity index (χ1) is 13.5. The summed E-state index contributed by atoms with van der Waals surface area (Å²) >= 11 is 6.20. The van der Waals surface area contributed by atoms with Gasteiger partial charge in [-0.05, 0) is 93.2 Å². The highest BCUT2D eigenvalue weighted by Crippen LogP contribution is 2.34. The molecule has 0 saturated carbocycles. The average Bonchev–Trinajstić information content (AvgIpc) is 2.72. The highest BCUT2D eigenvalue weighted by atomic mass is 35.5. The third kappa shape index (κ3) is 4.48. The van der Waals surface area contributed by atoms with Crippen molar-refractivity contribution >= 4 is 23.1 Å². The maximum absolute atomic E-state index is 12.6. The Morgan fingerprint density at radius 2 is 1.61 bits per heavy atom. The number of nitrogens with one attached hydrogen (secondary N) is 1. The fourth-order valence-corrected chi connectivity index (χ4v) is 4.14. The largest absolute Gasteiger partial charge is 0.339 e. The van der Waals surface area contributed by atoms with Crippen LogP contribution >= 0.6 is 11.6 Å². The van der Waals surface area contributed by atoms with Crippen molar-refractivity contribution in [3.63, 3.8) is 0 Å². The summed E-state index contributed by atoms with van der Waals surface area (Å²) in [6, 6.07) is 14.2. The number of piperidine rings is 1. The SMILES string of the molecule is CCN(CC)C(=O)c1ccc(C(=C2CCNCC2)c2ccc(Cl)cc2C)cc1. The first-order valence-electron chi connectivity index (χ1n) is 10.1. The molecule has 0 unspecified atom stereocenters. The molecular weight excluding hydrogens is 368 g/mol. The zero-order valence-electron chi connectivity index (χ0n) is 17.0. The molecule has 1 aliphatic heterocycles. The van der Waals surface area contributed by atoms with Gasteiger partial charge in [-0.15, -0.1) is 0 Å². The van der Waals surface area contributed by atoms with Gasteiger partial charge in [0.25, 0.3) is 5.91 Å². The standard InChI is InChI=1S/C24H29ClN2O/c1-4-27(5-2)24(28)20-8-6-18(7-9-20)23(19-12-14-26-15-13-19)22-11-10-21(25)16-17(22)3/h6-11,16,26H,4-5,12-15H2,1-3H3. The normalized spacial score (nSPS) is 14.1. The second-order valence-corrected chi connectivity index (χ2v) is 7.68. The van der Waals surface area contributed by atoms with Crippen molar-refractivity contribution in [3.05, 3.63) is 75.3 Å². The van der Waals surface area contributed by atoms with Crippen LogP contribution in [0.1, 0.15) is 53.7 Å². The number of carbonyl (C=O) groups excluding carboxylic acids is 1. The van der Waals surface area contributed by atoms with Crippen LogP contribution in [0.15, 0.2) is 48.0 Å². The van der Waals surface area contributed by atoms with E-state index in [1.54, 1.807) is 0 Å². The summed E-state index contributed by atoms with van der Waals surface area (Å²) < 4.78 is 0. The number of nitrogens with zero attached hydrogens (tertiary/aromatic N) is 1. The Morgan fingerprint density at radius 1 is 1.00 bits per heavy atom. The Balaban J connectivity index is 2.03. The van der Waals surface area contributed by atoms with Crippen LogP contribution in [0.3, 0.4) is 0 Å². The highest BCUT2D eigenvalue weighted by Gasteiger charge is 2.18. The average molecular weight is 397 g/mol. The van der Waals surface area contributed by atoms with Crippen molar-refractivity contribution in [1.82, 2.24) is 10.2 Å². The van der Waals surface area contributed by atoms with Crippen molar-refractivity contribution in [1.29, 1.82) is 0 Å². The zero-order chi connectivity index (χ0) is 20.1. The molecule has 4 heteroatoms. The summed E-state index contributed by atoms with van der Waals surface area (Å²) in [5, 5.41) is 4.20. The number of carbonyl (C=O) groups is 1. The van der Waals surface area contributed by atoms with Gasteiger partial charge in [-0.25, -0.2) is 0 Å². The van der Waals surface area contributed by atoms with Crippen LogP contribution in [0, 0.1) is 6.92 Å². The molecule has 2 aromatic carbocycles. The van der Waals surface area contributed by atoms with Gasteiger partial charge < -0.3 is 10.2 Å². The van der Waals surface area contributed by atoms with Crippen molar-refractivity contribution in [2.75, 3.05) is 26.2 Å². The summed E-state index contributed by atoms with van der Waals surface area (Å²) in [5.41, 5.74) is 7.07. The summed E-state index contributed by atoms with van der Waals surface area (Å²) in [4.78, 5) is 14.5. The fourth-order valence-electron chi connectivity index (χ4n) is 3.91. The van der Waals surface area contributed by atoms with Crippen LogP contribution in [0.25, 0.3) is 5.57 Å². The monoisotopic (exact) mass is 396 g/mol. The van der Waals surface area contributed by atoms with E-state index in [-0.39, 0.29) is 5.91 Å². The van der Waals surface area contributed by atoms with Gasteiger partial charge in [0.05, 0.1) is 0 Å². The Morgan fingerprint density at radius 3 is 2.18 bits per heavy atom. The molecule has 1 saturated heterocycles. The molecule has 28 heavy (non-hydrogen) atoms. The van der Waals surface area contributed by atoms with Gasteiger partial charge in [0, 0.05) is 23.7 Å². The Bertz CT molecular complexity index is 859. The lowest BCUT2D eigenvalue weighted by molar-refractivity contribution is 0.0773. The van der Waals surface area contributed by atoms with Crippen LogP contribution < -0.4 is 5.32 Å². The number of benzene rings is 2. The molecule has 0 spiro atoms. The molecule has 0 aromatic heterocycles. The van der Waals surface area contributed by atoms with Crippen molar-refractivity contribution < 1.29 is 4.79 Å². The van der Waals surface area contributed by atoms with E-state index >= 15 is 0 Å². The Kier molecular flexibility index (Phi) is 6.93. The lowest BCUT2D eigenvalue weighted by atomic mass is 9.86. The quantitative estimate of drug-likeness (QED) is 0.742. The van der Waals surface area contributed by atoms with Crippen molar-refractivity contribution in [2.45, 2.75) is 33.6 Å². The Hall–Kier alpha value is -2.10. The van der Waals surface area contributed by atoms with Gasteiger partial charge in [0.2, 0.25) is 0 Å². The molecule has 3 rings (SSSR count). The van der Waals surface area contributed by atoms with Crippen LogP contribution in [-0.4, -0.2) is 37.0 Å². The highest BCUT2D eigenvalue weighted by molar-refractivity contribution is 6.30. The van der Waals surface area contributed by atoms with E-state index in [0.29, 0.717) is 0 Å². The molecule has 1 fully saturated rings.